The highest BCUT2D eigenvalue weighted by atomic mass is 19.1. The van der Waals surface area contributed by atoms with E-state index in [9.17, 15) is 19.1 Å². The molecule has 2 aromatic heterocycles. The van der Waals surface area contributed by atoms with Crippen LogP contribution in [0.3, 0.4) is 0 Å². The summed E-state index contributed by atoms with van der Waals surface area (Å²) in [7, 11) is 0. The molecule has 0 unspecified atom stereocenters. The van der Waals surface area contributed by atoms with Crippen LogP contribution in [0.2, 0.25) is 0 Å². The van der Waals surface area contributed by atoms with Gasteiger partial charge >= 0.3 is 5.97 Å². The maximum atomic E-state index is 15.4. The highest BCUT2D eigenvalue weighted by molar-refractivity contribution is 5.97. The van der Waals surface area contributed by atoms with E-state index in [1.54, 1.807) is 4.57 Å². The summed E-state index contributed by atoms with van der Waals surface area (Å²) in [6, 6.07) is 0.812. The van der Waals surface area contributed by atoms with Crippen molar-refractivity contribution in [1.29, 1.82) is 0 Å². The Kier molecular flexibility index (Phi) is 5.10. The van der Waals surface area contributed by atoms with Crippen LogP contribution >= 0.6 is 0 Å². The molecule has 172 valence electrons. The van der Waals surface area contributed by atoms with Crippen molar-refractivity contribution in [3.05, 3.63) is 52.1 Å². The largest absolute Gasteiger partial charge is 0.487 e. The molecule has 11 heteroatoms. The summed E-state index contributed by atoms with van der Waals surface area (Å²) in [5, 5.41) is 12.6. The first-order valence-corrected chi connectivity index (χ1v) is 10.6. The third-order valence-corrected chi connectivity index (χ3v) is 6.17. The Bertz CT molecular complexity index is 1310. The van der Waals surface area contributed by atoms with Crippen LogP contribution < -0.4 is 20.4 Å². The number of halogens is 2. The van der Waals surface area contributed by atoms with Gasteiger partial charge in [0.15, 0.2) is 17.4 Å². The zero-order valence-corrected chi connectivity index (χ0v) is 17.7. The van der Waals surface area contributed by atoms with Crippen molar-refractivity contribution in [3.63, 3.8) is 0 Å². The number of hydrogen-bond acceptors (Lipinski definition) is 7. The van der Waals surface area contributed by atoms with Gasteiger partial charge in [0.2, 0.25) is 11.4 Å². The lowest BCUT2D eigenvalue weighted by atomic mass is 10.0. The van der Waals surface area contributed by atoms with Gasteiger partial charge in [0.05, 0.1) is 29.3 Å². The van der Waals surface area contributed by atoms with E-state index >= 15 is 4.39 Å². The number of ether oxygens (including phenoxy) is 1. The van der Waals surface area contributed by atoms with Gasteiger partial charge in [-0.2, -0.15) is 0 Å². The predicted octanol–water partition coefficient (Wildman–Crippen LogP) is 2.80. The molecule has 4 heterocycles. The number of aromatic nitrogens is 3. The lowest BCUT2D eigenvalue weighted by Gasteiger charge is -2.32. The molecule has 0 aliphatic carbocycles. The number of benzene rings is 1. The first-order valence-electron chi connectivity index (χ1n) is 10.6. The molecule has 9 nitrogen and oxygen atoms in total. The Hall–Kier alpha value is -3.76. The average molecular weight is 457 g/mol. The van der Waals surface area contributed by atoms with Crippen molar-refractivity contribution in [3.8, 4) is 5.75 Å². The van der Waals surface area contributed by atoms with Gasteiger partial charge in [0, 0.05) is 25.3 Å². The van der Waals surface area contributed by atoms with E-state index in [2.05, 4.69) is 15.3 Å². The minimum Gasteiger partial charge on any atom is -0.487 e. The molecular formula is C22H21F2N5O4. The van der Waals surface area contributed by atoms with Crippen molar-refractivity contribution in [2.75, 3.05) is 29.9 Å². The minimum atomic E-state index is -1.35. The van der Waals surface area contributed by atoms with Crippen LogP contribution in [0.25, 0.3) is 10.9 Å². The molecule has 0 saturated carbocycles. The van der Waals surface area contributed by atoms with E-state index < -0.39 is 28.6 Å². The smallest absolute Gasteiger partial charge is 0.341 e. The fraction of sp³-hybridized carbons (Fsp3) is 0.364. The monoisotopic (exact) mass is 457 g/mol. The van der Waals surface area contributed by atoms with Crippen molar-refractivity contribution >= 4 is 28.5 Å². The van der Waals surface area contributed by atoms with Crippen LogP contribution in [0.1, 0.15) is 36.2 Å². The Morgan fingerprint density at radius 2 is 2.09 bits per heavy atom. The molecule has 3 aromatic rings. The van der Waals surface area contributed by atoms with Crippen LogP contribution in [0.5, 0.6) is 5.75 Å². The van der Waals surface area contributed by atoms with E-state index in [4.69, 9.17) is 4.74 Å². The first kappa shape index (κ1) is 21.1. The van der Waals surface area contributed by atoms with Crippen LogP contribution in [0.15, 0.2) is 29.5 Å². The Labute approximate surface area is 186 Å². The van der Waals surface area contributed by atoms with Gasteiger partial charge in [-0.25, -0.2) is 23.5 Å². The number of carboxylic acids is 1. The van der Waals surface area contributed by atoms with Crippen LogP contribution in [0.4, 0.5) is 20.4 Å². The SMILES string of the molecule is CC[C@H]1COc2c(N3CC[C@@H](Nc4ncc(F)cn4)C3)c(F)cc3c(=O)c(C(=O)O)cn1c23. The third-order valence-electron chi connectivity index (χ3n) is 6.17. The Morgan fingerprint density at radius 3 is 2.79 bits per heavy atom. The van der Waals surface area contributed by atoms with Gasteiger partial charge in [-0.1, -0.05) is 6.92 Å². The lowest BCUT2D eigenvalue weighted by Crippen LogP contribution is -2.31. The molecule has 0 radical (unpaired) electrons. The molecule has 0 amide bonds. The van der Waals surface area contributed by atoms with Crippen LogP contribution in [-0.4, -0.2) is 51.3 Å². The van der Waals surface area contributed by atoms with Crippen molar-refractivity contribution in [1.82, 2.24) is 14.5 Å². The van der Waals surface area contributed by atoms with Crippen molar-refractivity contribution < 1.29 is 23.4 Å². The summed E-state index contributed by atoms with van der Waals surface area (Å²) in [5.41, 5.74) is -0.503. The summed E-state index contributed by atoms with van der Waals surface area (Å²) in [4.78, 5) is 34.0. The summed E-state index contributed by atoms with van der Waals surface area (Å²) in [6.45, 7) is 3.08. The summed E-state index contributed by atoms with van der Waals surface area (Å²) >= 11 is 0. The number of aromatic carboxylic acids is 1. The molecule has 5 rings (SSSR count). The number of nitrogens with one attached hydrogen (secondary N) is 1. The average Bonchev–Trinajstić information content (AvgIpc) is 3.25. The third kappa shape index (κ3) is 3.53. The van der Waals surface area contributed by atoms with E-state index in [1.807, 2.05) is 11.8 Å². The zero-order valence-electron chi connectivity index (χ0n) is 17.7. The first-order chi connectivity index (χ1) is 15.9. The van der Waals surface area contributed by atoms with Crippen LogP contribution in [0, 0.1) is 11.6 Å². The van der Waals surface area contributed by atoms with Gasteiger partial charge in [0.25, 0.3) is 0 Å². The molecule has 1 fully saturated rings. The molecule has 33 heavy (non-hydrogen) atoms. The molecule has 2 aliphatic rings. The molecule has 1 aromatic carbocycles. The van der Waals surface area contributed by atoms with E-state index in [0.29, 0.717) is 31.4 Å². The normalized spacial score (nSPS) is 19.5. The summed E-state index contributed by atoms with van der Waals surface area (Å²) in [5.74, 6) is -2.03. The standard InChI is InChI=1S/C22H21F2N5O4/c1-2-13-10-33-20-17-14(19(30)15(21(31)32)9-29(13)17)5-16(24)18(20)28-4-3-12(8-28)27-22-25-6-11(23)7-26-22/h5-7,9,12-13H,2-4,8,10H2,1H3,(H,31,32)(H,25,26,27)/t12-,13+/m1/s1. The number of rotatable bonds is 5. The zero-order chi connectivity index (χ0) is 23.3. The number of nitrogens with zero attached hydrogens (tertiary/aromatic N) is 4. The van der Waals surface area contributed by atoms with Gasteiger partial charge in [-0.15, -0.1) is 0 Å². The fourth-order valence-corrected chi connectivity index (χ4v) is 4.54. The highest BCUT2D eigenvalue weighted by Gasteiger charge is 2.33. The number of carboxylic acid groups (broad SMARTS) is 1. The molecule has 0 bridgehead atoms. The van der Waals surface area contributed by atoms with E-state index in [-0.39, 0.29) is 41.5 Å². The number of carbonyl (C=O) groups is 1. The fourth-order valence-electron chi connectivity index (χ4n) is 4.54. The van der Waals surface area contributed by atoms with Gasteiger partial charge in [-0.05, 0) is 18.9 Å². The number of pyridine rings is 1. The summed E-state index contributed by atoms with van der Waals surface area (Å²) in [6.07, 6.45) is 4.77. The highest BCUT2D eigenvalue weighted by Crippen LogP contribution is 2.43. The topological polar surface area (TPSA) is 110 Å². The second-order valence-electron chi connectivity index (χ2n) is 8.19. The molecular weight excluding hydrogens is 436 g/mol. The predicted molar refractivity (Wildman–Crippen MR) is 116 cm³/mol. The Balaban J connectivity index is 1.56. The van der Waals surface area contributed by atoms with Crippen molar-refractivity contribution in [2.24, 2.45) is 0 Å². The van der Waals surface area contributed by atoms with Crippen molar-refractivity contribution in [2.45, 2.75) is 31.8 Å². The lowest BCUT2D eigenvalue weighted by molar-refractivity contribution is 0.0694. The molecule has 2 aliphatic heterocycles. The number of anilines is 2. The van der Waals surface area contributed by atoms with Gasteiger partial charge < -0.3 is 24.6 Å². The van der Waals surface area contributed by atoms with Gasteiger partial charge in [0.1, 0.15) is 17.9 Å². The number of hydrogen-bond donors (Lipinski definition) is 2. The van der Waals surface area contributed by atoms with E-state index in [1.165, 1.54) is 6.20 Å². The minimum absolute atomic E-state index is 0.0158. The molecule has 2 atom stereocenters. The maximum Gasteiger partial charge on any atom is 0.341 e. The second kappa shape index (κ2) is 7.98. The maximum absolute atomic E-state index is 15.4. The molecule has 1 saturated heterocycles. The van der Waals surface area contributed by atoms with E-state index in [0.717, 1.165) is 18.5 Å². The van der Waals surface area contributed by atoms with Crippen LogP contribution in [-0.2, 0) is 0 Å². The van der Waals surface area contributed by atoms with Gasteiger partial charge in [-0.3, -0.25) is 4.79 Å². The molecule has 0 spiro atoms. The molecule has 2 N–H and O–H groups in total. The Morgan fingerprint density at radius 1 is 1.33 bits per heavy atom. The quantitative estimate of drug-likeness (QED) is 0.602. The second-order valence-corrected chi connectivity index (χ2v) is 8.19. The summed E-state index contributed by atoms with van der Waals surface area (Å²) < 4.78 is 36.1.